The lowest BCUT2D eigenvalue weighted by atomic mass is 10.3. The lowest BCUT2D eigenvalue weighted by molar-refractivity contribution is 0.462. The monoisotopic (exact) mass is 325 g/mol. The molecule has 0 bridgehead atoms. The predicted octanol–water partition coefficient (Wildman–Crippen LogP) is 2.19. The minimum absolute atomic E-state index is 0.345. The molecule has 0 spiro atoms. The molecule has 0 atom stereocenters. The average molecular weight is 326 g/mol. The number of hydrogen-bond acceptors (Lipinski definition) is 3. The van der Waals surface area contributed by atoms with Crippen LogP contribution in [0.2, 0.25) is 10.0 Å². The minimum Gasteiger partial charge on any atom is -0.320 e. The summed E-state index contributed by atoms with van der Waals surface area (Å²) in [7, 11) is -0.251. The lowest BCUT2D eigenvalue weighted by Gasteiger charge is -2.18. The highest BCUT2D eigenvalue weighted by Crippen LogP contribution is 2.23. The van der Waals surface area contributed by atoms with Gasteiger partial charge in [0, 0.05) is 23.6 Å². The Morgan fingerprint density at radius 2 is 1.79 bits per heavy atom. The van der Waals surface area contributed by atoms with Crippen LogP contribution in [-0.4, -0.2) is 39.9 Å². The smallest absolute Gasteiger partial charge is 0.301 e. The van der Waals surface area contributed by atoms with Gasteiger partial charge in [-0.15, -0.1) is 0 Å². The molecular formula is C11H17Cl2N3O2S. The maximum atomic E-state index is 12.0. The van der Waals surface area contributed by atoms with E-state index in [4.69, 9.17) is 23.2 Å². The number of nitrogens with one attached hydrogen (secondary N) is 2. The second kappa shape index (κ2) is 7.31. The molecule has 0 unspecified atom stereocenters. The van der Waals surface area contributed by atoms with E-state index >= 15 is 0 Å². The molecule has 1 rings (SSSR count). The quantitative estimate of drug-likeness (QED) is 0.755. The van der Waals surface area contributed by atoms with Crippen LogP contribution in [0, 0.1) is 0 Å². The van der Waals surface area contributed by atoms with Gasteiger partial charge in [0.05, 0.1) is 5.69 Å². The van der Waals surface area contributed by atoms with Crippen molar-refractivity contribution >= 4 is 39.1 Å². The number of halogens is 2. The maximum Gasteiger partial charge on any atom is 0.301 e. The molecule has 1 aromatic rings. The number of rotatable bonds is 7. The zero-order valence-corrected chi connectivity index (χ0v) is 13.1. The van der Waals surface area contributed by atoms with Gasteiger partial charge in [-0.3, -0.25) is 4.72 Å². The molecule has 0 saturated carbocycles. The Morgan fingerprint density at radius 3 is 2.32 bits per heavy atom. The highest BCUT2D eigenvalue weighted by molar-refractivity contribution is 7.90. The molecule has 19 heavy (non-hydrogen) atoms. The van der Waals surface area contributed by atoms with Gasteiger partial charge in [-0.1, -0.05) is 23.2 Å². The summed E-state index contributed by atoms with van der Waals surface area (Å²) in [5.74, 6) is 0. The molecule has 0 fully saturated rings. The van der Waals surface area contributed by atoms with Gasteiger partial charge in [-0.2, -0.15) is 12.7 Å². The van der Waals surface area contributed by atoms with Crippen molar-refractivity contribution in [2.24, 2.45) is 0 Å². The van der Waals surface area contributed by atoms with E-state index in [9.17, 15) is 8.42 Å². The fourth-order valence-electron chi connectivity index (χ4n) is 1.44. The first-order valence-corrected chi connectivity index (χ1v) is 7.89. The van der Waals surface area contributed by atoms with Crippen molar-refractivity contribution in [3.8, 4) is 0 Å². The van der Waals surface area contributed by atoms with Crippen molar-refractivity contribution in [2.45, 2.75) is 6.42 Å². The molecule has 2 N–H and O–H groups in total. The van der Waals surface area contributed by atoms with E-state index < -0.39 is 10.2 Å². The molecular weight excluding hydrogens is 309 g/mol. The van der Waals surface area contributed by atoms with Crippen molar-refractivity contribution in [3.63, 3.8) is 0 Å². The fraction of sp³-hybridized carbons (Fsp3) is 0.455. The third-order valence-corrected chi connectivity index (χ3v) is 4.35. The van der Waals surface area contributed by atoms with Crippen LogP contribution >= 0.6 is 23.2 Å². The van der Waals surface area contributed by atoms with E-state index in [2.05, 4.69) is 10.0 Å². The maximum absolute atomic E-state index is 12.0. The molecule has 0 aliphatic heterocycles. The Balaban J connectivity index is 2.72. The second-order valence-corrected chi connectivity index (χ2v) is 6.69. The molecule has 0 aromatic heterocycles. The van der Waals surface area contributed by atoms with Crippen molar-refractivity contribution < 1.29 is 8.42 Å². The first-order valence-electron chi connectivity index (χ1n) is 5.70. The molecule has 0 aliphatic rings. The Kier molecular flexibility index (Phi) is 6.35. The minimum atomic E-state index is -3.59. The topological polar surface area (TPSA) is 61.4 Å². The molecule has 0 saturated heterocycles. The van der Waals surface area contributed by atoms with E-state index in [1.54, 1.807) is 0 Å². The van der Waals surface area contributed by atoms with Crippen LogP contribution < -0.4 is 10.0 Å². The van der Waals surface area contributed by atoms with Crippen LogP contribution in [0.15, 0.2) is 18.2 Å². The van der Waals surface area contributed by atoms with Crippen LogP contribution in [-0.2, 0) is 10.2 Å². The second-order valence-electron chi connectivity index (χ2n) is 4.04. The van der Waals surface area contributed by atoms with Gasteiger partial charge < -0.3 is 5.32 Å². The highest BCUT2D eigenvalue weighted by atomic mass is 35.5. The Labute approximate surface area is 124 Å². The van der Waals surface area contributed by atoms with Crippen LogP contribution in [0.5, 0.6) is 0 Å². The standard InChI is InChI=1S/C11H17Cl2N3O2S/c1-14-4-3-5-16(2)19(17,18)15-11-7-9(12)6-10(13)8-11/h6-8,14-15H,3-5H2,1-2H3. The number of anilines is 1. The molecule has 0 heterocycles. The first-order chi connectivity index (χ1) is 8.85. The van der Waals surface area contributed by atoms with E-state index in [-0.39, 0.29) is 0 Å². The number of hydrogen-bond donors (Lipinski definition) is 2. The van der Waals surface area contributed by atoms with Gasteiger partial charge in [0.25, 0.3) is 0 Å². The van der Waals surface area contributed by atoms with Crippen LogP contribution in [0.1, 0.15) is 6.42 Å². The zero-order valence-electron chi connectivity index (χ0n) is 10.8. The summed E-state index contributed by atoms with van der Waals surface area (Å²) in [6, 6.07) is 4.55. The molecule has 108 valence electrons. The SMILES string of the molecule is CNCCCN(C)S(=O)(=O)Nc1cc(Cl)cc(Cl)c1. The molecule has 0 aliphatic carbocycles. The summed E-state index contributed by atoms with van der Waals surface area (Å²) in [5, 5.41) is 3.72. The molecule has 1 aromatic carbocycles. The van der Waals surface area contributed by atoms with E-state index in [0.717, 1.165) is 13.0 Å². The predicted molar refractivity (Wildman–Crippen MR) is 80.2 cm³/mol. The normalized spacial score (nSPS) is 11.8. The van der Waals surface area contributed by atoms with Crippen molar-refractivity contribution in [3.05, 3.63) is 28.2 Å². The van der Waals surface area contributed by atoms with Gasteiger partial charge in [-0.25, -0.2) is 0 Å². The number of nitrogens with zero attached hydrogens (tertiary/aromatic N) is 1. The zero-order chi connectivity index (χ0) is 14.5. The van der Waals surface area contributed by atoms with Gasteiger partial charge in [0.1, 0.15) is 0 Å². The molecule has 0 amide bonds. The Morgan fingerprint density at radius 1 is 1.21 bits per heavy atom. The van der Waals surface area contributed by atoms with Crippen molar-refractivity contribution in [1.29, 1.82) is 0 Å². The van der Waals surface area contributed by atoms with E-state index in [1.165, 1.54) is 29.6 Å². The van der Waals surface area contributed by atoms with Gasteiger partial charge in [0.15, 0.2) is 0 Å². The largest absolute Gasteiger partial charge is 0.320 e. The van der Waals surface area contributed by atoms with Crippen molar-refractivity contribution in [1.82, 2.24) is 9.62 Å². The molecule has 0 radical (unpaired) electrons. The lowest BCUT2D eigenvalue weighted by Crippen LogP contribution is -2.34. The number of benzene rings is 1. The Hall–Kier alpha value is -0.530. The van der Waals surface area contributed by atoms with Crippen LogP contribution in [0.4, 0.5) is 5.69 Å². The fourth-order valence-corrected chi connectivity index (χ4v) is 2.91. The Bertz CT molecular complexity index is 502. The van der Waals surface area contributed by atoms with E-state index in [1.807, 2.05) is 7.05 Å². The molecule has 8 heteroatoms. The van der Waals surface area contributed by atoms with Gasteiger partial charge >= 0.3 is 10.2 Å². The summed E-state index contributed by atoms with van der Waals surface area (Å²) in [4.78, 5) is 0. The third-order valence-electron chi connectivity index (χ3n) is 2.42. The average Bonchev–Trinajstić information content (AvgIpc) is 2.26. The van der Waals surface area contributed by atoms with Gasteiger partial charge in [-0.05, 0) is 38.2 Å². The summed E-state index contributed by atoms with van der Waals surface area (Å²) in [6.07, 6.45) is 0.726. The summed E-state index contributed by atoms with van der Waals surface area (Å²) >= 11 is 11.6. The first kappa shape index (κ1) is 16.5. The summed E-state index contributed by atoms with van der Waals surface area (Å²) < 4.78 is 27.7. The van der Waals surface area contributed by atoms with Crippen LogP contribution in [0.25, 0.3) is 0 Å². The van der Waals surface area contributed by atoms with Gasteiger partial charge in [0.2, 0.25) is 0 Å². The van der Waals surface area contributed by atoms with Crippen LogP contribution in [0.3, 0.4) is 0 Å². The highest BCUT2D eigenvalue weighted by Gasteiger charge is 2.17. The third kappa shape index (κ3) is 5.54. The van der Waals surface area contributed by atoms with E-state index in [0.29, 0.717) is 22.3 Å². The summed E-state index contributed by atoms with van der Waals surface area (Å²) in [5.41, 5.74) is 0.345. The van der Waals surface area contributed by atoms with Crippen molar-refractivity contribution in [2.75, 3.05) is 31.9 Å². The molecule has 5 nitrogen and oxygen atoms in total. The summed E-state index contributed by atoms with van der Waals surface area (Å²) in [6.45, 7) is 1.17.